The van der Waals surface area contributed by atoms with Crippen molar-refractivity contribution >= 4 is 29.9 Å². The van der Waals surface area contributed by atoms with E-state index in [1.54, 1.807) is 0 Å². The van der Waals surface area contributed by atoms with Crippen LogP contribution in [0.2, 0.25) is 0 Å². The van der Waals surface area contributed by atoms with Crippen LogP contribution in [0.3, 0.4) is 0 Å². The van der Waals surface area contributed by atoms with Gasteiger partial charge in [0.2, 0.25) is 0 Å². The zero-order valence-corrected chi connectivity index (χ0v) is 22.1. The third-order valence-electron chi connectivity index (χ3n) is 6.32. The number of hydrogen-bond donors (Lipinski definition) is 2. The molecule has 2 fully saturated rings. The van der Waals surface area contributed by atoms with Gasteiger partial charge in [0.1, 0.15) is 12.4 Å². The van der Waals surface area contributed by atoms with E-state index in [1.807, 2.05) is 18.5 Å². The van der Waals surface area contributed by atoms with Gasteiger partial charge < -0.3 is 19.9 Å². The van der Waals surface area contributed by atoms with E-state index < -0.39 is 0 Å². The number of ether oxygens (including phenoxy) is 1. The second-order valence-electron chi connectivity index (χ2n) is 9.18. The minimum atomic E-state index is 0. The summed E-state index contributed by atoms with van der Waals surface area (Å²) in [5.41, 5.74) is 0. The minimum Gasteiger partial charge on any atom is -0.379 e. The number of halogens is 1. The fourth-order valence-electron chi connectivity index (χ4n) is 4.39. The van der Waals surface area contributed by atoms with Gasteiger partial charge in [-0.15, -0.1) is 34.2 Å². The molecule has 0 spiro atoms. The molecule has 0 aromatic carbocycles. The molecule has 1 aliphatic heterocycles. The van der Waals surface area contributed by atoms with E-state index in [-0.39, 0.29) is 24.0 Å². The molecule has 31 heavy (non-hydrogen) atoms. The van der Waals surface area contributed by atoms with Gasteiger partial charge in [-0.3, -0.25) is 4.90 Å². The van der Waals surface area contributed by atoms with Crippen molar-refractivity contribution in [2.75, 3.05) is 32.8 Å². The molecule has 0 amide bonds. The quantitative estimate of drug-likeness (QED) is 0.296. The molecule has 1 atom stereocenters. The lowest BCUT2D eigenvalue weighted by atomic mass is 9.96. The lowest BCUT2D eigenvalue weighted by molar-refractivity contribution is 0.0132. The highest BCUT2D eigenvalue weighted by Crippen LogP contribution is 2.17. The van der Waals surface area contributed by atoms with Crippen molar-refractivity contribution < 1.29 is 4.74 Å². The summed E-state index contributed by atoms with van der Waals surface area (Å²) >= 11 is 0. The second kappa shape index (κ2) is 13.6. The maximum Gasteiger partial charge on any atom is 0.191 e. The molecule has 0 bridgehead atoms. The van der Waals surface area contributed by atoms with E-state index in [1.165, 1.54) is 38.5 Å². The predicted molar refractivity (Wildman–Crippen MR) is 136 cm³/mol. The van der Waals surface area contributed by atoms with Crippen LogP contribution >= 0.6 is 24.0 Å². The highest BCUT2D eigenvalue weighted by atomic mass is 127. The van der Waals surface area contributed by atoms with Crippen molar-refractivity contribution in [3.63, 3.8) is 0 Å². The number of aliphatic imine (C=N–C) groups is 1. The summed E-state index contributed by atoms with van der Waals surface area (Å²) in [5.74, 6) is 3.38. The van der Waals surface area contributed by atoms with Crippen molar-refractivity contribution in [1.29, 1.82) is 0 Å². The van der Waals surface area contributed by atoms with Gasteiger partial charge in [-0.25, -0.2) is 4.99 Å². The molecule has 2 N–H and O–H groups in total. The molecule has 3 rings (SSSR count). The van der Waals surface area contributed by atoms with Gasteiger partial charge >= 0.3 is 0 Å². The Bertz CT molecular complexity index is 667. The maximum atomic E-state index is 5.57. The van der Waals surface area contributed by atoms with E-state index in [4.69, 9.17) is 9.73 Å². The summed E-state index contributed by atoms with van der Waals surface area (Å²) in [5, 5.41) is 15.8. The van der Waals surface area contributed by atoms with Crippen LogP contribution in [0.4, 0.5) is 0 Å². The Morgan fingerprint density at radius 2 is 1.87 bits per heavy atom. The molecule has 1 aromatic rings. The van der Waals surface area contributed by atoms with E-state index >= 15 is 0 Å². The first kappa shape index (κ1) is 26.3. The lowest BCUT2D eigenvalue weighted by Gasteiger charge is -2.36. The fraction of sp³-hybridized carbons (Fsp3) is 0.864. The van der Waals surface area contributed by atoms with Crippen LogP contribution in [0.1, 0.15) is 64.0 Å². The van der Waals surface area contributed by atoms with Crippen LogP contribution in [0.5, 0.6) is 0 Å². The Labute approximate surface area is 205 Å². The van der Waals surface area contributed by atoms with Crippen LogP contribution in [0.15, 0.2) is 4.99 Å². The molecule has 1 saturated carbocycles. The summed E-state index contributed by atoms with van der Waals surface area (Å²) in [7, 11) is 2.00. The molecule has 178 valence electrons. The number of nitrogens with zero attached hydrogens (tertiary/aromatic N) is 5. The van der Waals surface area contributed by atoms with Gasteiger partial charge in [-0.05, 0) is 32.1 Å². The summed E-state index contributed by atoms with van der Waals surface area (Å²) in [6.45, 7) is 11.7. The van der Waals surface area contributed by atoms with Crippen LogP contribution in [-0.4, -0.2) is 70.6 Å². The van der Waals surface area contributed by atoms with Gasteiger partial charge in [-0.1, -0.05) is 33.1 Å². The Balaban J connectivity index is 0.00000341. The Kier molecular flexibility index (Phi) is 11.5. The smallest absolute Gasteiger partial charge is 0.191 e. The number of nitrogens with one attached hydrogen (secondary N) is 2. The number of rotatable bonds is 8. The fourth-order valence-corrected chi connectivity index (χ4v) is 4.39. The zero-order valence-electron chi connectivity index (χ0n) is 19.8. The van der Waals surface area contributed by atoms with Gasteiger partial charge in [0.15, 0.2) is 11.8 Å². The molecule has 1 aromatic heterocycles. The van der Waals surface area contributed by atoms with Crippen LogP contribution < -0.4 is 10.6 Å². The molecule has 2 heterocycles. The van der Waals surface area contributed by atoms with E-state index in [0.29, 0.717) is 24.5 Å². The number of guanidine groups is 1. The standard InChI is InChI=1S/C22H41N7O.HI/c1-17(2)14-20(29-10-12-30-13-11-29)15-23-22(25-19-8-6-5-7-9-19)24-16-21-27-26-18(3)28(21)4;/h17,19-20H,5-16H2,1-4H3,(H2,23,24,25);1H. The number of morpholine rings is 1. The Morgan fingerprint density at radius 1 is 1.16 bits per heavy atom. The molecule has 2 aliphatic rings. The average molecular weight is 548 g/mol. The average Bonchev–Trinajstić information content (AvgIpc) is 3.08. The van der Waals surface area contributed by atoms with Gasteiger partial charge in [0, 0.05) is 38.8 Å². The number of hydrogen-bond acceptors (Lipinski definition) is 5. The van der Waals surface area contributed by atoms with Crippen molar-refractivity contribution in [1.82, 2.24) is 30.3 Å². The van der Waals surface area contributed by atoms with E-state index in [0.717, 1.165) is 50.5 Å². The van der Waals surface area contributed by atoms with Crippen molar-refractivity contribution in [2.45, 2.75) is 77.9 Å². The molecule has 0 radical (unpaired) electrons. The second-order valence-corrected chi connectivity index (χ2v) is 9.18. The number of aromatic nitrogens is 3. The molecule has 1 unspecified atom stereocenters. The lowest BCUT2D eigenvalue weighted by Crippen LogP contribution is -2.52. The van der Waals surface area contributed by atoms with E-state index in [2.05, 4.69) is 39.6 Å². The molecular formula is C22H42IN7O. The van der Waals surface area contributed by atoms with Gasteiger partial charge in [0.25, 0.3) is 0 Å². The Hall–Kier alpha value is -0.940. The van der Waals surface area contributed by atoms with Gasteiger partial charge in [-0.2, -0.15) is 0 Å². The molecule has 9 heteroatoms. The summed E-state index contributed by atoms with van der Waals surface area (Å²) in [4.78, 5) is 7.46. The van der Waals surface area contributed by atoms with Crippen LogP contribution in [0.25, 0.3) is 0 Å². The maximum absolute atomic E-state index is 5.57. The molecule has 1 aliphatic carbocycles. The van der Waals surface area contributed by atoms with E-state index in [9.17, 15) is 0 Å². The molecule has 1 saturated heterocycles. The van der Waals surface area contributed by atoms with Crippen molar-refractivity contribution in [3.05, 3.63) is 11.6 Å². The van der Waals surface area contributed by atoms with Crippen molar-refractivity contribution in [3.8, 4) is 0 Å². The first-order valence-corrected chi connectivity index (χ1v) is 11.7. The van der Waals surface area contributed by atoms with Crippen LogP contribution in [0, 0.1) is 12.8 Å². The Morgan fingerprint density at radius 3 is 2.48 bits per heavy atom. The zero-order chi connectivity index (χ0) is 21.3. The topological polar surface area (TPSA) is 79.6 Å². The highest BCUT2D eigenvalue weighted by molar-refractivity contribution is 14.0. The largest absolute Gasteiger partial charge is 0.379 e. The number of aryl methyl sites for hydroxylation is 1. The summed E-state index contributed by atoms with van der Waals surface area (Å²) in [6.07, 6.45) is 7.58. The monoisotopic (exact) mass is 547 g/mol. The SMILES string of the molecule is Cc1nnc(CN=C(NCC(CC(C)C)N2CCOCC2)NC2CCCCC2)n1C.I. The normalized spacial score (nSPS) is 19.8. The highest BCUT2D eigenvalue weighted by Gasteiger charge is 2.23. The third-order valence-corrected chi connectivity index (χ3v) is 6.32. The third kappa shape index (κ3) is 8.49. The molecular weight excluding hydrogens is 505 g/mol. The molecule has 8 nitrogen and oxygen atoms in total. The first-order chi connectivity index (χ1) is 14.5. The van der Waals surface area contributed by atoms with Crippen molar-refractivity contribution in [2.24, 2.45) is 18.0 Å². The van der Waals surface area contributed by atoms with Crippen LogP contribution in [-0.2, 0) is 18.3 Å². The summed E-state index contributed by atoms with van der Waals surface area (Å²) in [6, 6.07) is 1.00. The first-order valence-electron chi connectivity index (χ1n) is 11.7. The summed E-state index contributed by atoms with van der Waals surface area (Å²) < 4.78 is 7.58. The predicted octanol–water partition coefficient (Wildman–Crippen LogP) is 2.86. The minimum absolute atomic E-state index is 0. The van der Waals surface area contributed by atoms with Gasteiger partial charge in [0.05, 0.1) is 13.2 Å².